The van der Waals surface area contributed by atoms with Crippen LogP contribution in [0, 0.1) is 11.3 Å². The van der Waals surface area contributed by atoms with E-state index in [1.54, 1.807) is 42.5 Å². The van der Waals surface area contributed by atoms with Crippen LogP contribution in [0.2, 0.25) is 0 Å². The molecule has 4 nitrogen and oxygen atoms in total. The maximum Gasteiger partial charge on any atom is 0.265 e. The third-order valence-corrected chi connectivity index (χ3v) is 4.80. The molecule has 0 spiro atoms. The molecule has 0 saturated heterocycles. The van der Waals surface area contributed by atoms with E-state index in [0.717, 1.165) is 14.8 Å². The molecular formula is C19H9BrN2O2. The number of halogens is 1. The molecule has 0 atom stereocenters. The van der Waals surface area contributed by atoms with E-state index < -0.39 is 0 Å². The summed E-state index contributed by atoms with van der Waals surface area (Å²) in [5.74, 6) is -0.721. The highest BCUT2D eigenvalue weighted by atomic mass is 79.9. The number of hydrogen-bond acceptors (Lipinski definition) is 3. The molecule has 0 aliphatic carbocycles. The molecule has 0 radical (unpaired) electrons. The van der Waals surface area contributed by atoms with Crippen molar-refractivity contribution in [1.29, 1.82) is 5.26 Å². The Morgan fingerprint density at radius 2 is 1.54 bits per heavy atom. The molecule has 0 bridgehead atoms. The van der Waals surface area contributed by atoms with E-state index in [9.17, 15) is 9.59 Å². The van der Waals surface area contributed by atoms with E-state index in [1.807, 2.05) is 18.2 Å². The molecule has 0 fully saturated rings. The maximum absolute atomic E-state index is 12.9. The van der Waals surface area contributed by atoms with Gasteiger partial charge in [-0.15, -0.1) is 0 Å². The molecule has 0 aromatic heterocycles. The Hall–Kier alpha value is -2.97. The fourth-order valence-electron chi connectivity index (χ4n) is 2.98. The zero-order valence-electron chi connectivity index (χ0n) is 12.3. The molecular weight excluding hydrogens is 368 g/mol. The zero-order chi connectivity index (χ0) is 16.8. The van der Waals surface area contributed by atoms with Gasteiger partial charge in [-0.2, -0.15) is 5.26 Å². The molecule has 5 heteroatoms. The molecule has 0 saturated carbocycles. The van der Waals surface area contributed by atoms with Gasteiger partial charge >= 0.3 is 0 Å². The Balaban J connectivity index is 1.95. The number of carbonyl (C=O) groups excluding carboxylic acids is 2. The molecule has 4 rings (SSSR count). The quantitative estimate of drug-likeness (QED) is 0.595. The number of nitrogens with zero attached hydrogens (tertiary/aromatic N) is 2. The van der Waals surface area contributed by atoms with E-state index in [2.05, 4.69) is 15.9 Å². The first-order chi connectivity index (χ1) is 11.6. The minimum atomic E-state index is -0.360. The lowest BCUT2D eigenvalue weighted by Crippen LogP contribution is -2.40. The lowest BCUT2D eigenvalue weighted by Gasteiger charge is -2.27. The van der Waals surface area contributed by atoms with Gasteiger partial charge in [0, 0.05) is 21.0 Å². The number of anilines is 1. The average molecular weight is 377 g/mol. The molecule has 24 heavy (non-hydrogen) atoms. The monoisotopic (exact) mass is 376 g/mol. The van der Waals surface area contributed by atoms with Gasteiger partial charge in [0.05, 0.1) is 17.3 Å². The van der Waals surface area contributed by atoms with Gasteiger partial charge in [-0.3, -0.25) is 9.59 Å². The van der Waals surface area contributed by atoms with Crippen molar-refractivity contribution >= 4 is 44.2 Å². The molecule has 3 aromatic rings. The van der Waals surface area contributed by atoms with Crippen LogP contribution in [-0.2, 0) is 0 Å². The summed E-state index contributed by atoms with van der Waals surface area (Å²) in [5, 5.41) is 10.4. The smallest absolute Gasteiger partial charge is 0.265 e. The van der Waals surface area contributed by atoms with E-state index >= 15 is 0 Å². The topological polar surface area (TPSA) is 61.2 Å². The predicted octanol–water partition coefficient (Wildman–Crippen LogP) is 4.27. The minimum Gasteiger partial charge on any atom is -0.268 e. The Labute approximate surface area is 146 Å². The van der Waals surface area contributed by atoms with Crippen LogP contribution >= 0.6 is 15.9 Å². The van der Waals surface area contributed by atoms with Crippen molar-refractivity contribution in [2.45, 2.75) is 0 Å². The van der Waals surface area contributed by atoms with Crippen LogP contribution in [-0.4, -0.2) is 11.8 Å². The van der Waals surface area contributed by atoms with Crippen molar-refractivity contribution in [1.82, 2.24) is 0 Å². The number of hydrogen-bond donors (Lipinski definition) is 0. The summed E-state index contributed by atoms with van der Waals surface area (Å²) in [6.07, 6.45) is 0. The Bertz CT molecular complexity index is 1040. The van der Waals surface area contributed by atoms with Gasteiger partial charge in [0.25, 0.3) is 11.8 Å². The summed E-state index contributed by atoms with van der Waals surface area (Å²) in [6, 6.07) is 17.4. The molecule has 1 aliphatic heterocycles. The SMILES string of the molecule is N#Cc1ccc(N2C(=O)c3cccc4c(Br)ccc(c34)C2=O)cc1. The van der Waals surface area contributed by atoms with E-state index in [4.69, 9.17) is 5.26 Å². The number of imide groups is 1. The highest BCUT2D eigenvalue weighted by Gasteiger charge is 2.34. The van der Waals surface area contributed by atoms with Crippen molar-refractivity contribution in [2.24, 2.45) is 0 Å². The van der Waals surface area contributed by atoms with Crippen LogP contribution in [0.25, 0.3) is 10.8 Å². The van der Waals surface area contributed by atoms with Crippen LogP contribution in [0.1, 0.15) is 26.3 Å². The summed E-state index contributed by atoms with van der Waals surface area (Å²) < 4.78 is 0.843. The maximum atomic E-state index is 12.9. The van der Waals surface area contributed by atoms with Crippen molar-refractivity contribution in [3.63, 3.8) is 0 Å². The van der Waals surface area contributed by atoms with E-state index in [-0.39, 0.29) is 11.8 Å². The Morgan fingerprint density at radius 1 is 0.875 bits per heavy atom. The normalized spacial score (nSPS) is 13.2. The first-order valence-corrected chi connectivity index (χ1v) is 8.01. The number of benzene rings is 3. The van der Waals surface area contributed by atoms with Crippen molar-refractivity contribution in [2.75, 3.05) is 4.90 Å². The van der Waals surface area contributed by atoms with Crippen LogP contribution in [0.15, 0.2) is 59.1 Å². The largest absolute Gasteiger partial charge is 0.268 e. The third kappa shape index (κ3) is 1.97. The fourth-order valence-corrected chi connectivity index (χ4v) is 3.44. The van der Waals surface area contributed by atoms with Gasteiger partial charge in [0.2, 0.25) is 0 Å². The molecule has 2 amide bonds. The van der Waals surface area contributed by atoms with Crippen LogP contribution < -0.4 is 4.90 Å². The van der Waals surface area contributed by atoms with Crippen LogP contribution in [0.5, 0.6) is 0 Å². The summed E-state index contributed by atoms with van der Waals surface area (Å²) >= 11 is 3.47. The van der Waals surface area contributed by atoms with E-state index in [1.165, 1.54) is 0 Å². The summed E-state index contributed by atoms with van der Waals surface area (Å²) in [4.78, 5) is 27.0. The fraction of sp³-hybridized carbons (Fsp3) is 0. The lowest BCUT2D eigenvalue weighted by atomic mass is 9.93. The highest BCUT2D eigenvalue weighted by Crippen LogP contribution is 2.35. The number of carbonyl (C=O) groups is 2. The summed E-state index contributed by atoms with van der Waals surface area (Å²) in [5.41, 5.74) is 1.91. The third-order valence-electron chi connectivity index (χ3n) is 4.11. The minimum absolute atomic E-state index is 0.360. The molecule has 3 aromatic carbocycles. The second-order valence-corrected chi connectivity index (χ2v) is 6.28. The number of rotatable bonds is 1. The number of amides is 2. The molecule has 114 valence electrons. The van der Waals surface area contributed by atoms with Crippen LogP contribution in [0.3, 0.4) is 0 Å². The first-order valence-electron chi connectivity index (χ1n) is 7.22. The molecule has 0 N–H and O–H groups in total. The highest BCUT2D eigenvalue weighted by molar-refractivity contribution is 9.10. The standard InChI is InChI=1S/C19H9BrN2O2/c20-16-9-8-15-17-13(16)2-1-3-14(17)18(23)22(19(15)24)12-6-4-11(10-21)5-7-12/h1-9H. The van der Waals surface area contributed by atoms with Gasteiger partial charge in [-0.05, 0) is 47.9 Å². The van der Waals surface area contributed by atoms with Crippen molar-refractivity contribution in [3.8, 4) is 6.07 Å². The average Bonchev–Trinajstić information content (AvgIpc) is 2.61. The molecule has 1 aliphatic rings. The predicted molar refractivity (Wildman–Crippen MR) is 93.9 cm³/mol. The molecule has 0 unspecified atom stereocenters. The summed E-state index contributed by atoms with van der Waals surface area (Å²) in [6.45, 7) is 0. The lowest BCUT2D eigenvalue weighted by molar-refractivity contribution is 0.0893. The van der Waals surface area contributed by atoms with Gasteiger partial charge in [0.1, 0.15) is 0 Å². The van der Waals surface area contributed by atoms with E-state index in [0.29, 0.717) is 27.8 Å². The Kier molecular flexibility index (Phi) is 3.22. The zero-order valence-corrected chi connectivity index (χ0v) is 13.9. The number of nitriles is 1. The Morgan fingerprint density at radius 3 is 2.21 bits per heavy atom. The second kappa shape index (κ2) is 5.29. The first kappa shape index (κ1) is 14.6. The van der Waals surface area contributed by atoms with Gasteiger partial charge in [-0.25, -0.2) is 4.90 Å². The van der Waals surface area contributed by atoms with Gasteiger partial charge in [0.15, 0.2) is 0 Å². The van der Waals surface area contributed by atoms with Crippen molar-refractivity contribution in [3.05, 3.63) is 75.8 Å². The summed E-state index contributed by atoms with van der Waals surface area (Å²) in [7, 11) is 0. The molecule has 1 heterocycles. The van der Waals surface area contributed by atoms with Crippen LogP contribution in [0.4, 0.5) is 5.69 Å². The van der Waals surface area contributed by atoms with Crippen molar-refractivity contribution < 1.29 is 9.59 Å². The second-order valence-electron chi connectivity index (χ2n) is 5.43. The van der Waals surface area contributed by atoms with Gasteiger partial charge < -0.3 is 0 Å². The van der Waals surface area contributed by atoms with Gasteiger partial charge in [-0.1, -0.05) is 28.1 Å².